The molecule has 1 saturated heterocycles. The van der Waals surface area contributed by atoms with Crippen LogP contribution in [0.4, 0.5) is 9.18 Å². The topological polar surface area (TPSA) is 93.1 Å². The van der Waals surface area contributed by atoms with Gasteiger partial charge < -0.3 is 4.74 Å². The van der Waals surface area contributed by atoms with Crippen LogP contribution in [0.25, 0.3) is 28.0 Å². The molecule has 0 radical (unpaired) electrons. The van der Waals surface area contributed by atoms with Gasteiger partial charge in [0.1, 0.15) is 29.3 Å². The van der Waals surface area contributed by atoms with Crippen LogP contribution in [0.3, 0.4) is 0 Å². The molecule has 2 aromatic carbocycles. The van der Waals surface area contributed by atoms with Gasteiger partial charge in [-0.1, -0.05) is 24.3 Å². The van der Waals surface area contributed by atoms with Crippen molar-refractivity contribution in [2.45, 2.75) is 25.9 Å². The fourth-order valence-electron chi connectivity index (χ4n) is 4.55. The van der Waals surface area contributed by atoms with E-state index >= 15 is 0 Å². The van der Waals surface area contributed by atoms with E-state index in [1.165, 1.54) is 17.7 Å². The van der Waals surface area contributed by atoms with Gasteiger partial charge in [-0.2, -0.15) is 14.9 Å². The molecule has 1 fully saturated rings. The molecule has 1 N–H and O–H groups in total. The summed E-state index contributed by atoms with van der Waals surface area (Å²) in [6.45, 7) is 2.62. The maximum absolute atomic E-state index is 14.5. The van der Waals surface area contributed by atoms with Crippen molar-refractivity contribution < 1.29 is 13.9 Å². The van der Waals surface area contributed by atoms with Gasteiger partial charge in [0.05, 0.1) is 11.6 Å². The number of H-pyrrole nitrogens is 1. The summed E-state index contributed by atoms with van der Waals surface area (Å²) in [4.78, 5) is 26.4. The average Bonchev–Trinajstić information content (AvgIpc) is 3.35. The molecule has 1 atom stereocenters. The van der Waals surface area contributed by atoms with Crippen LogP contribution in [0.15, 0.2) is 47.3 Å². The summed E-state index contributed by atoms with van der Waals surface area (Å²) in [5, 5.41) is 11.7. The Balaban J connectivity index is 1.48. The first-order valence-corrected chi connectivity index (χ1v) is 10.3. The second-order valence-corrected chi connectivity index (χ2v) is 8.18. The number of nitrogens with one attached hydrogen (secondary N) is 1. The number of ether oxygens (including phenoxy) is 1. The molecule has 4 aromatic rings. The third-order valence-electron chi connectivity index (χ3n) is 6.19. The lowest BCUT2D eigenvalue weighted by Gasteiger charge is -2.28. The molecule has 0 aliphatic carbocycles. The van der Waals surface area contributed by atoms with Crippen molar-refractivity contribution in [3.05, 3.63) is 75.3 Å². The van der Waals surface area contributed by atoms with Gasteiger partial charge in [0.25, 0.3) is 5.56 Å². The van der Waals surface area contributed by atoms with Crippen LogP contribution in [-0.4, -0.2) is 43.6 Å². The highest BCUT2D eigenvalue weighted by molar-refractivity contribution is 5.89. The lowest BCUT2D eigenvalue weighted by molar-refractivity contribution is 0.155. The summed E-state index contributed by atoms with van der Waals surface area (Å²) in [5.74, 6) is -0.523. The zero-order valence-corrected chi connectivity index (χ0v) is 17.1. The molecule has 1 amide bonds. The molecule has 2 aliphatic rings. The first-order chi connectivity index (χ1) is 15.5. The molecule has 2 aliphatic heterocycles. The second kappa shape index (κ2) is 6.74. The molecule has 0 spiro atoms. The number of para-hydroxylation sites is 1. The number of carbonyl (C=O) groups is 1. The largest absolute Gasteiger partial charge is 0.447 e. The van der Waals surface area contributed by atoms with Crippen LogP contribution in [0.2, 0.25) is 0 Å². The van der Waals surface area contributed by atoms with Gasteiger partial charge in [0.2, 0.25) is 0 Å². The van der Waals surface area contributed by atoms with E-state index in [-0.39, 0.29) is 17.8 Å². The predicted molar refractivity (Wildman–Crippen MR) is 114 cm³/mol. The number of amides is 1. The summed E-state index contributed by atoms with van der Waals surface area (Å²) in [6, 6.07) is 12.0. The maximum atomic E-state index is 14.5. The molecule has 8 nitrogen and oxygen atoms in total. The SMILES string of the molecule is Cc1cccc(F)c1-n1nc2c(-c3ccc4c(c3)CN3C(=O)OCC3C4)n[nH]c2cc1=O. The van der Waals surface area contributed by atoms with E-state index < -0.39 is 11.4 Å². The number of rotatable bonds is 2. The highest BCUT2D eigenvalue weighted by Gasteiger charge is 2.36. The van der Waals surface area contributed by atoms with E-state index in [4.69, 9.17) is 4.74 Å². The fourth-order valence-corrected chi connectivity index (χ4v) is 4.55. The highest BCUT2D eigenvalue weighted by atomic mass is 19.1. The third kappa shape index (κ3) is 2.74. The molecule has 0 bridgehead atoms. The number of nitrogens with zero attached hydrogens (tertiary/aromatic N) is 4. The normalized spacial score (nSPS) is 17.4. The van der Waals surface area contributed by atoms with Gasteiger partial charge in [-0.3, -0.25) is 14.8 Å². The molecule has 1 unspecified atom stereocenters. The van der Waals surface area contributed by atoms with E-state index in [0.717, 1.165) is 22.2 Å². The lowest BCUT2D eigenvalue weighted by atomic mass is 9.93. The Morgan fingerprint density at radius 2 is 2.03 bits per heavy atom. The van der Waals surface area contributed by atoms with Gasteiger partial charge in [-0.25, -0.2) is 9.18 Å². The van der Waals surface area contributed by atoms with Crippen molar-refractivity contribution in [2.24, 2.45) is 0 Å². The summed E-state index contributed by atoms with van der Waals surface area (Å²) >= 11 is 0. The Morgan fingerprint density at radius 3 is 2.88 bits per heavy atom. The molecular weight excluding hydrogens is 413 g/mol. The number of benzene rings is 2. The van der Waals surface area contributed by atoms with Gasteiger partial charge in [-0.05, 0) is 42.2 Å². The number of halogens is 1. The summed E-state index contributed by atoms with van der Waals surface area (Å²) < 4.78 is 20.8. The number of aryl methyl sites for hydroxylation is 1. The van der Waals surface area contributed by atoms with Crippen LogP contribution in [-0.2, 0) is 17.7 Å². The van der Waals surface area contributed by atoms with Crippen molar-refractivity contribution in [3.8, 4) is 16.9 Å². The Kier molecular flexibility index (Phi) is 3.95. The van der Waals surface area contributed by atoms with Crippen LogP contribution in [0, 0.1) is 12.7 Å². The van der Waals surface area contributed by atoms with Crippen molar-refractivity contribution in [1.29, 1.82) is 0 Å². The van der Waals surface area contributed by atoms with Crippen LogP contribution in [0.5, 0.6) is 0 Å². The van der Waals surface area contributed by atoms with Gasteiger partial charge in [0.15, 0.2) is 0 Å². The standard InChI is InChI=1S/C23H18FN5O3/c1-12-3-2-4-17(24)22(12)29-19(30)9-18-21(27-29)20(26-25-18)14-6-5-13-8-16-11-32-23(31)28(16)10-15(13)7-14/h2-7,9,16,25H,8,10-11H2,1H3. The van der Waals surface area contributed by atoms with Gasteiger partial charge in [-0.15, -0.1) is 0 Å². The number of fused-ring (bicyclic) bond motifs is 3. The molecule has 32 heavy (non-hydrogen) atoms. The number of aromatic nitrogens is 4. The van der Waals surface area contributed by atoms with Crippen molar-refractivity contribution in [3.63, 3.8) is 0 Å². The fraction of sp³-hybridized carbons (Fsp3) is 0.217. The third-order valence-corrected chi connectivity index (χ3v) is 6.19. The summed E-state index contributed by atoms with van der Waals surface area (Å²) in [6.07, 6.45) is 0.453. The minimum absolute atomic E-state index is 0.0761. The quantitative estimate of drug-likeness (QED) is 0.527. The van der Waals surface area contributed by atoms with E-state index in [0.29, 0.717) is 35.4 Å². The Bertz CT molecular complexity index is 1450. The minimum Gasteiger partial charge on any atom is -0.447 e. The summed E-state index contributed by atoms with van der Waals surface area (Å²) in [7, 11) is 0. The smallest absolute Gasteiger partial charge is 0.410 e. The van der Waals surface area contributed by atoms with E-state index in [1.54, 1.807) is 24.0 Å². The van der Waals surface area contributed by atoms with Crippen molar-refractivity contribution in [2.75, 3.05) is 6.61 Å². The molecule has 4 heterocycles. The first-order valence-electron chi connectivity index (χ1n) is 10.3. The molecule has 9 heteroatoms. The maximum Gasteiger partial charge on any atom is 0.410 e. The number of hydrogen-bond donors (Lipinski definition) is 1. The van der Waals surface area contributed by atoms with Crippen molar-refractivity contribution >= 4 is 17.1 Å². The molecular formula is C23H18FN5O3. The Morgan fingerprint density at radius 1 is 1.16 bits per heavy atom. The first kappa shape index (κ1) is 18.7. The van der Waals surface area contributed by atoms with Crippen molar-refractivity contribution in [1.82, 2.24) is 24.9 Å². The van der Waals surface area contributed by atoms with Crippen LogP contribution >= 0.6 is 0 Å². The molecule has 6 rings (SSSR count). The predicted octanol–water partition coefficient (Wildman–Crippen LogP) is 3.10. The zero-order chi connectivity index (χ0) is 22.0. The van der Waals surface area contributed by atoms with E-state index in [1.807, 2.05) is 18.2 Å². The minimum atomic E-state index is -0.523. The molecule has 2 aromatic heterocycles. The molecule has 0 saturated carbocycles. The van der Waals surface area contributed by atoms with E-state index in [2.05, 4.69) is 15.3 Å². The van der Waals surface area contributed by atoms with Gasteiger partial charge in [0, 0.05) is 18.2 Å². The monoisotopic (exact) mass is 431 g/mol. The van der Waals surface area contributed by atoms with E-state index in [9.17, 15) is 14.0 Å². The summed E-state index contributed by atoms with van der Waals surface area (Å²) in [5.41, 5.74) is 4.73. The average molecular weight is 431 g/mol. The Hall–Kier alpha value is -4.01. The Labute approximate surface area is 181 Å². The zero-order valence-electron chi connectivity index (χ0n) is 17.1. The van der Waals surface area contributed by atoms with Crippen LogP contribution in [0.1, 0.15) is 16.7 Å². The number of aromatic amines is 1. The van der Waals surface area contributed by atoms with Crippen LogP contribution < -0.4 is 5.56 Å². The number of carbonyl (C=O) groups excluding carboxylic acids is 1. The number of cyclic esters (lactones) is 1. The molecule has 160 valence electrons. The number of hydrogen-bond acceptors (Lipinski definition) is 5. The second-order valence-electron chi connectivity index (χ2n) is 8.18. The highest BCUT2D eigenvalue weighted by Crippen LogP contribution is 2.32. The lowest BCUT2D eigenvalue weighted by Crippen LogP contribution is -2.38. The van der Waals surface area contributed by atoms with Gasteiger partial charge >= 0.3 is 6.09 Å².